The van der Waals surface area contributed by atoms with Gasteiger partial charge in [-0.2, -0.15) is 5.10 Å². The zero-order valence-electron chi connectivity index (χ0n) is 13.3. The van der Waals surface area contributed by atoms with Crippen molar-refractivity contribution in [3.05, 3.63) is 17.5 Å². The van der Waals surface area contributed by atoms with Crippen molar-refractivity contribution in [1.82, 2.24) is 15.1 Å². The van der Waals surface area contributed by atoms with Gasteiger partial charge in [-0.3, -0.25) is 4.68 Å². The summed E-state index contributed by atoms with van der Waals surface area (Å²) in [6.07, 6.45) is 12.7. The maximum absolute atomic E-state index is 4.80. The number of nitrogens with one attached hydrogen (secondary N) is 1. The van der Waals surface area contributed by atoms with E-state index in [2.05, 4.69) is 37.1 Å². The molecule has 1 saturated carbocycles. The third kappa shape index (κ3) is 2.65. The van der Waals surface area contributed by atoms with E-state index in [1.807, 2.05) is 0 Å². The Morgan fingerprint density at radius 2 is 1.90 bits per heavy atom. The Kier molecular flexibility index (Phi) is 3.89. The second-order valence-corrected chi connectivity index (χ2v) is 7.52. The maximum atomic E-state index is 4.80. The lowest BCUT2D eigenvalue weighted by atomic mass is 9.74. The normalized spacial score (nSPS) is 27.1. The molecule has 20 heavy (non-hydrogen) atoms. The minimum atomic E-state index is 0.378. The number of nitrogens with zero attached hydrogens (tertiary/aromatic N) is 2. The summed E-state index contributed by atoms with van der Waals surface area (Å²) in [7, 11) is 2.08. The number of hydrogen-bond donors (Lipinski definition) is 1. The Morgan fingerprint density at radius 3 is 2.55 bits per heavy atom. The van der Waals surface area contributed by atoms with Gasteiger partial charge in [0.1, 0.15) is 0 Å². The molecule has 1 aromatic rings. The fourth-order valence-electron chi connectivity index (χ4n) is 4.14. The molecule has 0 bridgehead atoms. The Morgan fingerprint density at radius 1 is 1.20 bits per heavy atom. The van der Waals surface area contributed by atoms with E-state index in [4.69, 9.17) is 5.10 Å². The second kappa shape index (κ2) is 5.51. The summed E-state index contributed by atoms with van der Waals surface area (Å²) >= 11 is 0. The minimum Gasteiger partial charge on any atom is -0.313 e. The standard InChI is InChI=1S/C17H29N3/c1-17(2)10-15(18-3)14-12-19-20(16(14)11-17)13-8-6-4-5-7-9-13/h12-13,15,18H,4-11H2,1-3H3. The number of fused-ring (bicyclic) bond motifs is 1. The first-order chi connectivity index (χ1) is 9.61. The van der Waals surface area contributed by atoms with Crippen molar-refractivity contribution in [3.63, 3.8) is 0 Å². The van der Waals surface area contributed by atoms with Crippen molar-refractivity contribution in [2.75, 3.05) is 7.05 Å². The van der Waals surface area contributed by atoms with E-state index in [0.29, 0.717) is 17.5 Å². The van der Waals surface area contributed by atoms with Gasteiger partial charge in [-0.25, -0.2) is 0 Å². The first-order valence-electron chi connectivity index (χ1n) is 8.34. The highest BCUT2D eigenvalue weighted by Gasteiger charge is 2.35. The lowest BCUT2D eigenvalue weighted by Crippen LogP contribution is -2.32. The van der Waals surface area contributed by atoms with Crippen LogP contribution in [0.1, 0.15) is 82.1 Å². The number of rotatable bonds is 2. The van der Waals surface area contributed by atoms with E-state index in [9.17, 15) is 0 Å². The topological polar surface area (TPSA) is 29.9 Å². The molecule has 2 aliphatic rings. The molecule has 1 aromatic heterocycles. The highest BCUT2D eigenvalue weighted by Crippen LogP contribution is 2.42. The van der Waals surface area contributed by atoms with Crippen LogP contribution in [-0.4, -0.2) is 16.8 Å². The quantitative estimate of drug-likeness (QED) is 0.826. The van der Waals surface area contributed by atoms with Crippen LogP contribution in [0.2, 0.25) is 0 Å². The largest absolute Gasteiger partial charge is 0.313 e. The number of hydrogen-bond acceptors (Lipinski definition) is 2. The molecule has 0 radical (unpaired) electrons. The summed E-state index contributed by atoms with van der Waals surface area (Å²) in [6.45, 7) is 4.79. The molecule has 1 N–H and O–H groups in total. The summed E-state index contributed by atoms with van der Waals surface area (Å²) in [4.78, 5) is 0. The fraction of sp³-hybridized carbons (Fsp3) is 0.824. The first kappa shape index (κ1) is 14.1. The second-order valence-electron chi connectivity index (χ2n) is 7.52. The van der Waals surface area contributed by atoms with Gasteiger partial charge in [0.15, 0.2) is 0 Å². The third-order valence-electron chi connectivity index (χ3n) is 5.23. The highest BCUT2D eigenvalue weighted by molar-refractivity contribution is 5.27. The first-order valence-corrected chi connectivity index (χ1v) is 8.34. The Hall–Kier alpha value is -0.830. The molecular weight excluding hydrogens is 246 g/mol. The van der Waals surface area contributed by atoms with Crippen LogP contribution in [0.3, 0.4) is 0 Å². The van der Waals surface area contributed by atoms with E-state index in [1.165, 1.54) is 62.6 Å². The van der Waals surface area contributed by atoms with E-state index in [0.717, 1.165) is 0 Å². The van der Waals surface area contributed by atoms with Crippen LogP contribution in [0.25, 0.3) is 0 Å². The fourth-order valence-corrected chi connectivity index (χ4v) is 4.14. The van der Waals surface area contributed by atoms with Gasteiger partial charge in [-0.15, -0.1) is 0 Å². The predicted molar refractivity (Wildman–Crippen MR) is 82.9 cm³/mol. The molecule has 1 atom stereocenters. The average Bonchev–Trinajstić information content (AvgIpc) is 2.64. The van der Waals surface area contributed by atoms with Crippen molar-refractivity contribution in [1.29, 1.82) is 0 Å². The van der Waals surface area contributed by atoms with Crippen LogP contribution in [-0.2, 0) is 6.42 Å². The van der Waals surface area contributed by atoms with Crippen molar-refractivity contribution in [3.8, 4) is 0 Å². The van der Waals surface area contributed by atoms with Crippen molar-refractivity contribution >= 4 is 0 Å². The van der Waals surface area contributed by atoms with Gasteiger partial charge < -0.3 is 5.32 Å². The van der Waals surface area contributed by atoms with Crippen LogP contribution in [0, 0.1) is 5.41 Å². The van der Waals surface area contributed by atoms with Crippen LogP contribution in [0.15, 0.2) is 6.20 Å². The van der Waals surface area contributed by atoms with Gasteiger partial charge in [-0.05, 0) is 38.1 Å². The SMILES string of the molecule is CNC1CC(C)(C)Cc2c1cnn2C1CCCCCC1. The van der Waals surface area contributed by atoms with Crippen LogP contribution < -0.4 is 5.32 Å². The Labute approximate surface area is 123 Å². The summed E-state index contributed by atoms with van der Waals surface area (Å²) < 4.78 is 2.39. The van der Waals surface area contributed by atoms with Crippen LogP contribution in [0.5, 0.6) is 0 Å². The van der Waals surface area contributed by atoms with Crippen molar-refractivity contribution in [2.45, 2.75) is 77.3 Å². The summed E-state index contributed by atoms with van der Waals surface area (Å²) in [5.41, 5.74) is 3.34. The molecule has 3 nitrogen and oxygen atoms in total. The average molecular weight is 275 g/mol. The van der Waals surface area contributed by atoms with Crippen LogP contribution in [0.4, 0.5) is 0 Å². The molecular formula is C17H29N3. The summed E-state index contributed by atoms with van der Waals surface area (Å²) in [6, 6.07) is 1.13. The molecule has 1 unspecified atom stereocenters. The smallest absolute Gasteiger partial charge is 0.0540 e. The number of aromatic nitrogens is 2. The van der Waals surface area contributed by atoms with Gasteiger partial charge in [0.25, 0.3) is 0 Å². The molecule has 112 valence electrons. The Balaban J connectivity index is 1.92. The van der Waals surface area contributed by atoms with Crippen molar-refractivity contribution < 1.29 is 0 Å². The Bertz CT molecular complexity index is 453. The molecule has 0 spiro atoms. The van der Waals surface area contributed by atoms with E-state index < -0.39 is 0 Å². The molecule has 3 heteroatoms. The van der Waals surface area contributed by atoms with Gasteiger partial charge in [0, 0.05) is 17.3 Å². The molecule has 0 aliphatic heterocycles. The van der Waals surface area contributed by atoms with E-state index in [-0.39, 0.29) is 0 Å². The van der Waals surface area contributed by atoms with Gasteiger partial charge in [0.05, 0.1) is 12.2 Å². The minimum absolute atomic E-state index is 0.378. The zero-order chi connectivity index (χ0) is 14.2. The maximum Gasteiger partial charge on any atom is 0.0540 e. The lowest BCUT2D eigenvalue weighted by Gasteiger charge is -2.36. The molecule has 0 aromatic carbocycles. The zero-order valence-corrected chi connectivity index (χ0v) is 13.3. The monoisotopic (exact) mass is 275 g/mol. The van der Waals surface area contributed by atoms with Gasteiger partial charge >= 0.3 is 0 Å². The van der Waals surface area contributed by atoms with Gasteiger partial charge in [-0.1, -0.05) is 39.5 Å². The third-order valence-corrected chi connectivity index (χ3v) is 5.23. The lowest BCUT2D eigenvalue weighted by molar-refractivity contribution is 0.250. The molecule has 3 rings (SSSR count). The highest BCUT2D eigenvalue weighted by atomic mass is 15.3. The van der Waals surface area contributed by atoms with Crippen LogP contribution >= 0.6 is 0 Å². The molecule has 0 saturated heterocycles. The molecule has 1 heterocycles. The summed E-state index contributed by atoms with van der Waals surface area (Å²) in [5.74, 6) is 0. The van der Waals surface area contributed by atoms with Crippen molar-refractivity contribution in [2.24, 2.45) is 5.41 Å². The van der Waals surface area contributed by atoms with E-state index in [1.54, 1.807) is 0 Å². The molecule has 2 aliphatic carbocycles. The molecule has 0 amide bonds. The van der Waals surface area contributed by atoms with E-state index >= 15 is 0 Å². The van der Waals surface area contributed by atoms with Gasteiger partial charge in [0.2, 0.25) is 0 Å². The predicted octanol–water partition coefficient (Wildman–Crippen LogP) is 4.01. The summed E-state index contributed by atoms with van der Waals surface area (Å²) in [5, 5.41) is 8.29. The molecule has 1 fully saturated rings.